The fraction of sp³-hybridized carbons (Fsp3) is 0. The van der Waals surface area contributed by atoms with Gasteiger partial charge in [0, 0.05) is 62.2 Å². The molecule has 0 saturated carbocycles. The summed E-state index contributed by atoms with van der Waals surface area (Å²) in [6, 6.07) is 11.6. The molecule has 0 aliphatic carbocycles. The summed E-state index contributed by atoms with van der Waals surface area (Å²) >= 11 is 4.97. The number of nitrogens with zero attached hydrogens (tertiary/aromatic N) is 4. The third-order valence-corrected chi connectivity index (χ3v) is 4.34. The van der Waals surface area contributed by atoms with Gasteiger partial charge in [0.25, 0.3) is 5.91 Å². The number of carbonyl (C=O) groups is 1. The van der Waals surface area contributed by atoms with E-state index < -0.39 is 20.9 Å². The van der Waals surface area contributed by atoms with Crippen molar-refractivity contribution in [2.45, 2.75) is 10.1 Å². The van der Waals surface area contributed by atoms with Crippen molar-refractivity contribution >= 4 is 85.7 Å². The molecule has 0 aliphatic heterocycles. The molecular weight excluding hydrogens is 641 g/mol. The van der Waals surface area contributed by atoms with E-state index in [0.717, 1.165) is 6.07 Å². The average Bonchev–Trinajstić information content (AvgIpc) is 3.00. The fourth-order valence-electron chi connectivity index (χ4n) is 2.13. The maximum atomic E-state index is 12.4. The minimum atomic E-state index is -4.78. The van der Waals surface area contributed by atoms with Crippen molar-refractivity contribution in [1.82, 2.24) is 20.2 Å². The van der Waals surface area contributed by atoms with Gasteiger partial charge in [-0.25, -0.2) is 13.1 Å². The third-order valence-electron chi connectivity index (χ3n) is 3.19. The zero-order valence-corrected chi connectivity index (χ0v) is 24.7. The molecule has 0 fully saturated rings. The number of anilines is 1. The Balaban J connectivity index is 0.00000243. The number of hydrogen-bond donors (Lipinski definition) is 1. The SMILES string of the molecule is O=C(Nc1cccc(-n2nnnc2[S-])c1)c1ccccc1S(=O)(=O)[O-].[Au+].[K+].[K]. The predicted molar refractivity (Wildman–Crippen MR) is 92.9 cm³/mol. The Hall–Kier alpha value is 1.12. The van der Waals surface area contributed by atoms with Crippen molar-refractivity contribution in [3.8, 4) is 5.69 Å². The van der Waals surface area contributed by atoms with E-state index >= 15 is 0 Å². The van der Waals surface area contributed by atoms with Crippen LogP contribution in [0.4, 0.5) is 5.69 Å². The van der Waals surface area contributed by atoms with Crippen molar-refractivity contribution in [2.75, 3.05) is 5.32 Å². The van der Waals surface area contributed by atoms with Gasteiger partial charge in [0.15, 0.2) is 0 Å². The molecule has 3 rings (SSSR count). The minimum Gasteiger partial charge on any atom is -0.744 e. The van der Waals surface area contributed by atoms with Gasteiger partial charge in [0.05, 0.1) is 16.1 Å². The molecule has 0 bridgehead atoms. The summed E-state index contributed by atoms with van der Waals surface area (Å²) in [5, 5.41) is 13.5. The first-order valence-electron chi connectivity index (χ1n) is 6.78. The molecule has 2 aromatic carbocycles. The fourth-order valence-corrected chi connectivity index (χ4v) is 2.98. The Bertz CT molecular complexity index is 1070. The van der Waals surface area contributed by atoms with Gasteiger partial charge in [-0.2, -0.15) is 0 Å². The van der Waals surface area contributed by atoms with Crippen LogP contribution in [0.15, 0.2) is 58.6 Å². The number of rotatable bonds is 4. The second-order valence-corrected chi connectivity index (χ2v) is 6.54. The average molecular weight is 651 g/mol. The van der Waals surface area contributed by atoms with Crippen LogP contribution in [0.2, 0.25) is 0 Å². The van der Waals surface area contributed by atoms with Gasteiger partial charge in [-0.05, 0) is 40.8 Å². The second kappa shape index (κ2) is 12.9. The number of hydrogen-bond acceptors (Lipinski definition) is 8. The van der Waals surface area contributed by atoms with Gasteiger partial charge in [0.2, 0.25) is 0 Å². The zero-order valence-electron chi connectivity index (χ0n) is 14.7. The van der Waals surface area contributed by atoms with Gasteiger partial charge in [-0.15, -0.1) is 5.10 Å². The van der Waals surface area contributed by atoms with Gasteiger partial charge in [-0.1, -0.05) is 18.2 Å². The van der Waals surface area contributed by atoms with Crippen LogP contribution < -0.4 is 56.7 Å². The van der Waals surface area contributed by atoms with Gasteiger partial charge in [-0.3, -0.25) is 4.79 Å². The third kappa shape index (κ3) is 7.37. The number of amides is 1. The molecule has 9 nitrogen and oxygen atoms in total. The molecule has 28 heavy (non-hydrogen) atoms. The van der Waals surface area contributed by atoms with Crippen LogP contribution in [0.25, 0.3) is 5.69 Å². The van der Waals surface area contributed by atoms with E-state index in [1.165, 1.54) is 22.9 Å². The first-order chi connectivity index (χ1) is 11.9. The van der Waals surface area contributed by atoms with Crippen molar-refractivity contribution in [1.29, 1.82) is 0 Å². The molecule has 0 saturated heterocycles. The molecule has 1 radical (unpaired) electrons. The Morgan fingerprint density at radius 3 is 2.43 bits per heavy atom. The monoisotopic (exact) mass is 650 g/mol. The number of carbonyl (C=O) groups excluding carboxylic acids is 1. The van der Waals surface area contributed by atoms with E-state index in [-0.39, 0.29) is 136 Å². The summed E-state index contributed by atoms with van der Waals surface area (Å²) in [4.78, 5) is 11.8. The molecule has 1 amide bonds. The van der Waals surface area contributed by atoms with Gasteiger partial charge in [0.1, 0.15) is 10.1 Å². The molecule has 0 unspecified atom stereocenters. The molecule has 1 heterocycles. The molecule has 139 valence electrons. The minimum absolute atomic E-state index is 0. The van der Waals surface area contributed by atoms with Gasteiger partial charge >= 0.3 is 73.8 Å². The van der Waals surface area contributed by atoms with Crippen molar-refractivity contribution in [3.05, 3.63) is 54.1 Å². The molecule has 1 N–H and O–H groups in total. The van der Waals surface area contributed by atoms with E-state index in [0.29, 0.717) is 11.4 Å². The van der Waals surface area contributed by atoms with Crippen LogP contribution in [-0.2, 0) is 45.1 Å². The van der Waals surface area contributed by atoms with Crippen molar-refractivity contribution < 1.29 is 91.5 Å². The quantitative estimate of drug-likeness (QED) is 0.184. The van der Waals surface area contributed by atoms with E-state index in [9.17, 15) is 17.8 Å². The van der Waals surface area contributed by atoms with E-state index in [2.05, 4.69) is 20.8 Å². The van der Waals surface area contributed by atoms with Crippen LogP contribution in [0, 0.1) is 0 Å². The molecule has 0 spiro atoms. The number of tetrazole rings is 1. The standard InChI is InChI=1S/C14H11N5O4S2.Au.2K/c20-13(11-6-1-2-7-12(11)25(21,22)23)15-9-4-3-5-10(8-9)19-14(24)16-17-18-19;;;/h1-8H,(H,15,20)(H,16,18,24)(H,21,22,23);;;/q;+1;;+1/p-2. The maximum Gasteiger partial charge on any atom is 1.00 e. The Morgan fingerprint density at radius 1 is 1.14 bits per heavy atom. The summed E-state index contributed by atoms with van der Waals surface area (Å²) < 4.78 is 35.1. The number of nitrogens with one attached hydrogen (secondary N) is 1. The summed E-state index contributed by atoms with van der Waals surface area (Å²) in [7, 11) is -4.78. The van der Waals surface area contributed by atoms with Gasteiger partial charge < -0.3 is 22.5 Å². The Labute approximate surface area is 267 Å². The van der Waals surface area contributed by atoms with Crippen LogP contribution in [-0.4, -0.2) is 90.5 Å². The van der Waals surface area contributed by atoms with Crippen LogP contribution >= 0.6 is 0 Å². The number of aromatic nitrogens is 4. The van der Waals surface area contributed by atoms with Crippen molar-refractivity contribution in [2.24, 2.45) is 0 Å². The Kier molecular flexibility index (Phi) is 13.4. The van der Waals surface area contributed by atoms with E-state index in [1.807, 2.05) is 0 Å². The van der Waals surface area contributed by atoms with Crippen LogP contribution in [0.5, 0.6) is 0 Å². The van der Waals surface area contributed by atoms with Crippen molar-refractivity contribution in [3.63, 3.8) is 0 Å². The molecule has 0 aliphatic rings. The topological polar surface area (TPSA) is 130 Å². The smallest absolute Gasteiger partial charge is 0.744 e. The second-order valence-electron chi connectivity index (χ2n) is 4.83. The largest absolute Gasteiger partial charge is 1.00 e. The summed E-state index contributed by atoms with van der Waals surface area (Å²) in [6.45, 7) is 0. The predicted octanol–water partition coefficient (Wildman–Crippen LogP) is -2.65. The molecule has 1 aromatic heterocycles. The summed E-state index contributed by atoms with van der Waals surface area (Å²) in [6.07, 6.45) is 0. The molecule has 14 heteroatoms. The first kappa shape index (κ1) is 29.1. The number of benzene rings is 2. The van der Waals surface area contributed by atoms with E-state index in [4.69, 9.17) is 12.6 Å². The normalized spacial score (nSPS) is 10.0. The molecule has 3 aromatic rings. The summed E-state index contributed by atoms with van der Waals surface area (Å²) in [5.41, 5.74) is 0.623. The van der Waals surface area contributed by atoms with Crippen LogP contribution in [0.3, 0.4) is 0 Å². The Morgan fingerprint density at radius 2 is 1.82 bits per heavy atom. The molecule has 0 atom stereocenters. The summed E-state index contributed by atoms with van der Waals surface area (Å²) in [5.74, 6) is -0.734. The molecular formula is C14H9AuK2N5O4S2. The van der Waals surface area contributed by atoms with Crippen LogP contribution in [0.1, 0.15) is 10.4 Å². The van der Waals surface area contributed by atoms with E-state index in [1.54, 1.807) is 24.3 Å². The maximum absolute atomic E-state index is 12.4. The first-order valence-corrected chi connectivity index (χ1v) is 8.60. The zero-order chi connectivity index (χ0) is 18.0.